The minimum absolute atomic E-state index is 0.527. The highest BCUT2D eigenvalue weighted by atomic mass is 15.1. The van der Waals surface area contributed by atoms with Crippen molar-refractivity contribution in [3.8, 4) is 0 Å². The van der Waals surface area contributed by atoms with Gasteiger partial charge in [-0.25, -0.2) is 4.98 Å². The first-order chi connectivity index (χ1) is 5.74. The quantitative estimate of drug-likeness (QED) is 0.728. The van der Waals surface area contributed by atoms with Crippen molar-refractivity contribution in [2.24, 2.45) is 5.92 Å². The van der Waals surface area contributed by atoms with Crippen molar-refractivity contribution < 1.29 is 0 Å². The number of rotatable bonds is 4. The fourth-order valence-electron chi connectivity index (χ4n) is 1.26. The van der Waals surface area contributed by atoms with Crippen molar-refractivity contribution in [3.63, 3.8) is 0 Å². The van der Waals surface area contributed by atoms with Crippen molar-refractivity contribution in [1.82, 2.24) is 14.9 Å². The molecule has 1 N–H and O–H groups in total. The number of nitrogens with zero attached hydrogens (tertiary/aromatic N) is 2. The Morgan fingerprint density at radius 3 is 2.67 bits per heavy atom. The van der Waals surface area contributed by atoms with E-state index >= 15 is 0 Å². The van der Waals surface area contributed by atoms with Gasteiger partial charge in [0.25, 0.3) is 0 Å². The Labute approximate surface area is 73.8 Å². The Kier molecular flexibility index (Phi) is 3.29. The summed E-state index contributed by atoms with van der Waals surface area (Å²) in [4.78, 5) is 4.00. The van der Waals surface area contributed by atoms with Gasteiger partial charge >= 0.3 is 0 Å². The zero-order valence-electron chi connectivity index (χ0n) is 7.99. The molecule has 0 radical (unpaired) electrons. The van der Waals surface area contributed by atoms with E-state index < -0.39 is 0 Å². The Hall–Kier alpha value is -0.830. The van der Waals surface area contributed by atoms with Crippen LogP contribution >= 0.6 is 0 Å². The predicted molar refractivity (Wildman–Crippen MR) is 49.9 cm³/mol. The smallest absolute Gasteiger partial charge is 0.0946 e. The molecule has 0 saturated heterocycles. The van der Waals surface area contributed by atoms with Crippen LogP contribution < -0.4 is 5.32 Å². The molecular weight excluding hydrogens is 150 g/mol. The van der Waals surface area contributed by atoms with Gasteiger partial charge in [-0.05, 0) is 13.0 Å². The van der Waals surface area contributed by atoms with Gasteiger partial charge in [-0.2, -0.15) is 0 Å². The highest BCUT2D eigenvalue weighted by molar-refractivity contribution is 4.78. The fourth-order valence-corrected chi connectivity index (χ4v) is 1.26. The van der Waals surface area contributed by atoms with Gasteiger partial charge in [0.15, 0.2) is 0 Å². The number of likely N-dealkylation sites (N-methyl/N-ethyl adjacent to an activating group) is 1. The molecule has 0 fully saturated rings. The topological polar surface area (TPSA) is 29.9 Å². The summed E-state index contributed by atoms with van der Waals surface area (Å²) in [5, 5.41) is 3.29. The second kappa shape index (κ2) is 4.26. The molecule has 0 spiro atoms. The molecule has 0 bridgehead atoms. The predicted octanol–water partition coefficient (Wildman–Crippen LogP) is 1.13. The molecule has 0 aliphatic carbocycles. The van der Waals surface area contributed by atoms with Crippen LogP contribution in [0.25, 0.3) is 0 Å². The largest absolute Gasteiger partial charge is 0.336 e. The average molecular weight is 167 g/mol. The molecular formula is C9H17N3. The second-order valence-corrected chi connectivity index (χ2v) is 3.40. The number of aromatic nitrogens is 2. The van der Waals surface area contributed by atoms with Crippen molar-refractivity contribution in [2.45, 2.75) is 26.4 Å². The lowest BCUT2D eigenvalue weighted by Gasteiger charge is -2.20. The summed E-state index contributed by atoms with van der Waals surface area (Å²) >= 11 is 0. The zero-order valence-corrected chi connectivity index (χ0v) is 7.99. The van der Waals surface area contributed by atoms with Crippen LogP contribution in [-0.2, 0) is 6.54 Å². The Bertz CT molecular complexity index is 204. The van der Waals surface area contributed by atoms with E-state index in [2.05, 4.69) is 28.7 Å². The summed E-state index contributed by atoms with van der Waals surface area (Å²) in [7, 11) is 2.00. The van der Waals surface area contributed by atoms with Crippen LogP contribution in [-0.4, -0.2) is 22.6 Å². The molecule has 68 valence electrons. The summed E-state index contributed by atoms with van der Waals surface area (Å²) in [6.45, 7) is 5.43. The van der Waals surface area contributed by atoms with E-state index in [1.165, 1.54) is 0 Å². The zero-order chi connectivity index (χ0) is 8.97. The molecule has 0 saturated carbocycles. The fraction of sp³-hybridized carbons (Fsp3) is 0.667. The number of hydrogen-bond donors (Lipinski definition) is 1. The van der Waals surface area contributed by atoms with E-state index in [0.717, 1.165) is 6.54 Å². The molecule has 1 heterocycles. The molecule has 1 rings (SSSR count). The van der Waals surface area contributed by atoms with Gasteiger partial charge in [-0.15, -0.1) is 0 Å². The van der Waals surface area contributed by atoms with E-state index in [0.29, 0.717) is 12.0 Å². The molecule has 0 aromatic carbocycles. The van der Waals surface area contributed by atoms with Gasteiger partial charge in [0.2, 0.25) is 0 Å². The molecule has 3 nitrogen and oxygen atoms in total. The molecule has 1 aromatic rings. The monoisotopic (exact) mass is 167 g/mol. The summed E-state index contributed by atoms with van der Waals surface area (Å²) < 4.78 is 2.10. The van der Waals surface area contributed by atoms with E-state index in [9.17, 15) is 0 Å². The highest BCUT2D eigenvalue weighted by Gasteiger charge is 2.10. The van der Waals surface area contributed by atoms with E-state index in [1.807, 2.05) is 25.8 Å². The SMILES string of the molecule is CNC(Cn1ccnc1)C(C)C. The van der Waals surface area contributed by atoms with Gasteiger partial charge < -0.3 is 9.88 Å². The van der Waals surface area contributed by atoms with Gasteiger partial charge in [0.1, 0.15) is 0 Å². The third-order valence-electron chi connectivity index (χ3n) is 2.14. The van der Waals surface area contributed by atoms with Crippen LogP contribution in [0, 0.1) is 5.92 Å². The van der Waals surface area contributed by atoms with Crippen LogP contribution in [0.2, 0.25) is 0 Å². The molecule has 12 heavy (non-hydrogen) atoms. The minimum Gasteiger partial charge on any atom is -0.336 e. The normalized spacial score (nSPS) is 13.7. The lowest BCUT2D eigenvalue weighted by Crippen LogP contribution is -2.34. The Balaban J connectivity index is 2.48. The lowest BCUT2D eigenvalue weighted by molar-refractivity contribution is 0.377. The first kappa shape index (κ1) is 9.26. The average Bonchev–Trinajstić information content (AvgIpc) is 2.51. The maximum absolute atomic E-state index is 4.00. The Morgan fingerprint density at radius 1 is 1.50 bits per heavy atom. The van der Waals surface area contributed by atoms with E-state index in [4.69, 9.17) is 0 Å². The minimum atomic E-state index is 0.527. The summed E-state index contributed by atoms with van der Waals surface area (Å²) in [6.07, 6.45) is 5.66. The lowest BCUT2D eigenvalue weighted by atomic mass is 10.1. The van der Waals surface area contributed by atoms with Crippen molar-refractivity contribution >= 4 is 0 Å². The third-order valence-corrected chi connectivity index (χ3v) is 2.14. The number of imidazole rings is 1. The van der Waals surface area contributed by atoms with Crippen molar-refractivity contribution in [1.29, 1.82) is 0 Å². The summed E-state index contributed by atoms with van der Waals surface area (Å²) in [5.74, 6) is 0.650. The first-order valence-electron chi connectivity index (χ1n) is 4.37. The molecule has 3 heteroatoms. The highest BCUT2D eigenvalue weighted by Crippen LogP contribution is 2.03. The molecule has 0 aliphatic rings. The van der Waals surface area contributed by atoms with Crippen LogP contribution in [0.1, 0.15) is 13.8 Å². The van der Waals surface area contributed by atoms with Crippen molar-refractivity contribution in [3.05, 3.63) is 18.7 Å². The van der Waals surface area contributed by atoms with Crippen LogP contribution in [0.5, 0.6) is 0 Å². The van der Waals surface area contributed by atoms with Crippen LogP contribution in [0.4, 0.5) is 0 Å². The molecule has 1 aromatic heterocycles. The molecule has 1 atom stereocenters. The molecule has 0 amide bonds. The maximum Gasteiger partial charge on any atom is 0.0946 e. The Morgan fingerprint density at radius 2 is 2.25 bits per heavy atom. The summed E-state index contributed by atoms with van der Waals surface area (Å²) in [5.41, 5.74) is 0. The van der Waals surface area contributed by atoms with Gasteiger partial charge in [0, 0.05) is 25.0 Å². The van der Waals surface area contributed by atoms with Gasteiger partial charge in [-0.1, -0.05) is 13.8 Å². The van der Waals surface area contributed by atoms with Crippen LogP contribution in [0.15, 0.2) is 18.7 Å². The maximum atomic E-state index is 4.00. The van der Waals surface area contributed by atoms with Gasteiger partial charge in [-0.3, -0.25) is 0 Å². The third kappa shape index (κ3) is 2.34. The number of hydrogen-bond acceptors (Lipinski definition) is 2. The standard InChI is InChI=1S/C9H17N3/c1-8(2)9(10-3)6-12-5-4-11-7-12/h4-5,7-10H,6H2,1-3H3. The van der Waals surface area contributed by atoms with E-state index in [1.54, 1.807) is 0 Å². The number of nitrogens with one attached hydrogen (secondary N) is 1. The molecule has 0 aliphatic heterocycles. The second-order valence-electron chi connectivity index (χ2n) is 3.40. The summed E-state index contributed by atoms with van der Waals surface area (Å²) in [6, 6.07) is 0.527. The van der Waals surface area contributed by atoms with Crippen molar-refractivity contribution in [2.75, 3.05) is 7.05 Å². The van der Waals surface area contributed by atoms with Crippen LogP contribution in [0.3, 0.4) is 0 Å². The van der Waals surface area contributed by atoms with Gasteiger partial charge in [0.05, 0.1) is 6.33 Å². The molecule has 1 unspecified atom stereocenters. The van der Waals surface area contributed by atoms with E-state index in [-0.39, 0.29) is 0 Å². The first-order valence-corrected chi connectivity index (χ1v) is 4.37.